The van der Waals surface area contributed by atoms with E-state index in [0.717, 1.165) is 36.7 Å². The third-order valence-electron chi connectivity index (χ3n) is 3.81. The van der Waals surface area contributed by atoms with Crippen LogP contribution in [0.2, 0.25) is 0 Å². The van der Waals surface area contributed by atoms with Gasteiger partial charge in [-0.05, 0) is 26.3 Å². The first-order valence-corrected chi connectivity index (χ1v) is 7.17. The number of H-pyrrole nitrogens is 1. The molecule has 21 heavy (non-hydrogen) atoms. The molecule has 1 atom stereocenters. The van der Waals surface area contributed by atoms with Crippen LogP contribution in [0, 0.1) is 6.92 Å². The van der Waals surface area contributed by atoms with Gasteiger partial charge in [-0.3, -0.25) is 14.4 Å². The zero-order valence-corrected chi connectivity index (χ0v) is 12.3. The first-order chi connectivity index (χ1) is 10.1. The SMILES string of the molecule is Cc1cc(NC(=O)CN2CCCC2c2ncc[nH]2)n(C)n1. The Morgan fingerprint density at radius 1 is 1.57 bits per heavy atom. The fourth-order valence-electron chi connectivity index (χ4n) is 2.88. The van der Waals surface area contributed by atoms with Gasteiger partial charge in [0.1, 0.15) is 11.6 Å². The highest BCUT2D eigenvalue weighted by Crippen LogP contribution is 2.29. The molecule has 0 saturated carbocycles. The number of amides is 1. The van der Waals surface area contributed by atoms with Crippen molar-refractivity contribution in [2.45, 2.75) is 25.8 Å². The van der Waals surface area contributed by atoms with Gasteiger partial charge in [-0.25, -0.2) is 4.98 Å². The Morgan fingerprint density at radius 2 is 2.43 bits per heavy atom. The molecular formula is C14H20N6O. The van der Waals surface area contributed by atoms with Gasteiger partial charge in [-0.15, -0.1) is 0 Å². The Hall–Kier alpha value is -2.15. The summed E-state index contributed by atoms with van der Waals surface area (Å²) in [5.74, 6) is 1.65. The van der Waals surface area contributed by atoms with Crippen LogP contribution in [0.1, 0.15) is 30.4 Å². The van der Waals surface area contributed by atoms with Crippen molar-refractivity contribution in [3.8, 4) is 0 Å². The van der Waals surface area contributed by atoms with Crippen LogP contribution in [0.3, 0.4) is 0 Å². The maximum absolute atomic E-state index is 12.2. The number of aryl methyl sites for hydroxylation is 2. The van der Waals surface area contributed by atoms with Gasteiger partial charge < -0.3 is 10.3 Å². The number of imidazole rings is 1. The molecule has 0 bridgehead atoms. The molecule has 7 nitrogen and oxygen atoms in total. The van der Waals surface area contributed by atoms with Crippen molar-refractivity contribution in [1.29, 1.82) is 0 Å². The smallest absolute Gasteiger partial charge is 0.239 e. The minimum Gasteiger partial charge on any atom is -0.347 e. The van der Waals surface area contributed by atoms with Crippen LogP contribution in [0.4, 0.5) is 5.82 Å². The number of hydrogen-bond acceptors (Lipinski definition) is 4. The summed E-state index contributed by atoms with van der Waals surface area (Å²) in [6, 6.07) is 2.07. The Kier molecular flexibility index (Phi) is 3.74. The summed E-state index contributed by atoms with van der Waals surface area (Å²) in [5.41, 5.74) is 0.891. The number of aromatic amines is 1. The second-order valence-corrected chi connectivity index (χ2v) is 5.45. The molecule has 2 aromatic rings. The molecule has 1 aliphatic heterocycles. The second kappa shape index (κ2) is 5.69. The summed E-state index contributed by atoms with van der Waals surface area (Å²) in [6.45, 7) is 3.20. The molecule has 7 heteroatoms. The normalized spacial score (nSPS) is 19.0. The maximum Gasteiger partial charge on any atom is 0.239 e. The van der Waals surface area contributed by atoms with E-state index in [1.807, 2.05) is 26.2 Å². The Bertz CT molecular complexity index is 617. The van der Waals surface area contributed by atoms with Gasteiger partial charge in [-0.2, -0.15) is 5.10 Å². The quantitative estimate of drug-likeness (QED) is 0.887. The zero-order valence-electron chi connectivity index (χ0n) is 12.3. The van der Waals surface area contributed by atoms with Crippen molar-refractivity contribution < 1.29 is 4.79 Å². The summed E-state index contributed by atoms with van der Waals surface area (Å²) in [4.78, 5) is 21.8. The number of nitrogens with one attached hydrogen (secondary N) is 2. The van der Waals surface area contributed by atoms with E-state index in [9.17, 15) is 4.79 Å². The van der Waals surface area contributed by atoms with Crippen LogP contribution >= 0.6 is 0 Å². The van der Waals surface area contributed by atoms with Crippen LogP contribution in [0.5, 0.6) is 0 Å². The molecule has 0 aromatic carbocycles. The Morgan fingerprint density at radius 3 is 3.10 bits per heavy atom. The number of aromatic nitrogens is 4. The average molecular weight is 288 g/mol. The minimum atomic E-state index is -0.0172. The summed E-state index contributed by atoms with van der Waals surface area (Å²) < 4.78 is 1.68. The van der Waals surface area contributed by atoms with Crippen molar-refractivity contribution in [3.05, 3.63) is 30.0 Å². The lowest BCUT2D eigenvalue weighted by Crippen LogP contribution is -2.33. The molecule has 2 N–H and O–H groups in total. The minimum absolute atomic E-state index is 0.0172. The van der Waals surface area contributed by atoms with E-state index in [1.165, 1.54) is 0 Å². The molecule has 1 fully saturated rings. The molecule has 1 amide bonds. The fourth-order valence-corrected chi connectivity index (χ4v) is 2.88. The van der Waals surface area contributed by atoms with Gasteiger partial charge in [0.25, 0.3) is 0 Å². The molecule has 1 aliphatic rings. The van der Waals surface area contributed by atoms with Crippen LogP contribution in [0.15, 0.2) is 18.5 Å². The van der Waals surface area contributed by atoms with Gasteiger partial charge >= 0.3 is 0 Å². The third-order valence-corrected chi connectivity index (χ3v) is 3.81. The van der Waals surface area contributed by atoms with Crippen LogP contribution < -0.4 is 5.32 Å². The number of nitrogens with zero attached hydrogens (tertiary/aromatic N) is 4. The van der Waals surface area contributed by atoms with Gasteiger partial charge in [0.15, 0.2) is 0 Å². The predicted molar refractivity (Wildman–Crippen MR) is 78.7 cm³/mol. The third kappa shape index (κ3) is 2.97. The molecule has 1 unspecified atom stereocenters. The molecule has 0 radical (unpaired) electrons. The number of carbonyl (C=O) groups is 1. The number of hydrogen-bond donors (Lipinski definition) is 2. The average Bonchev–Trinajstić information content (AvgIpc) is 3.11. The number of rotatable bonds is 4. The Balaban J connectivity index is 1.63. The topological polar surface area (TPSA) is 78.8 Å². The van der Waals surface area contributed by atoms with Crippen molar-refractivity contribution >= 4 is 11.7 Å². The summed E-state index contributed by atoms with van der Waals surface area (Å²) in [6.07, 6.45) is 5.70. The first-order valence-electron chi connectivity index (χ1n) is 7.17. The van der Waals surface area contributed by atoms with Crippen molar-refractivity contribution in [3.63, 3.8) is 0 Å². The highest BCUT2D eigenvalue weighted by Gasteiger charge is 2.29. The lowest BCUT2D eigenvalue weighted by atomic mass is 10.2. The predicted octanol–water partition coefficient (Wildman–Crippen LogP) is 1.23. The standard InChI is InChI=1S/C14H20N6O/c1-10-8-12(19(2)18-10)17-13(21)9-20-7-3-4-11(20)14-15-5-6-16-14/h5-6,8,11H,3-4,7,9H2,1-2H3,(H,15,16)(H,17,21). The van der Waals surface area contributed by atoms with Gasteiger partial charge in [0.2, 0.25) is 5.91 Å². The monoisotopic (exact) mass is 288 g/mol. The summed E-state index contributed by atoms with van der Waals surface area (Å²) in [5, 5.41) is 7.14. The highest BCUT2D eigenvalue weighted by molar-refractivity contribution is 5.91. The molecule has 3 heterocycles. The summed E-state index contributed by atoms with van der Waals surface area (Å²) >= 11 is 0. The van der Waals surface area contributed by atoms with E-state index in [2.05, 4.69) is 25.3 Å². The molecule has 0 aliphatic carbocycles. The summed E-state index contributed by atoms with van der Waals surface area (Å²) in [7, 11) is 1.82. The van der Waals surface area contributed by atoms with E-state index in [-0.39, 0.29) is 11.9 Å². The zero-order chi connectivity index (χ0) is 14.8. The lowest BCUT2D eigenvalue weighted by molar-refractivity contribution is -0.117. The van der Waals surface area contributed by atoms with Crippen molar-refractivity contribution in [2.75, 3.05) is 18.4 Å². The van der Waals surface area contributed by atoms with Crippen molar-refractivity contribution in [1.82, 2.24) is 24.6 Å². The van der Waals surface area contributed by atoms with Gasteiger partial charge in [-0.1, -0.05) is 0 Å². The molecule has 3 rings (SSSR count). The van der Waals surface area contributed by atoms with Crippen molar-refractivity contribution in [2.24, 2.45) is 7.05 Å². The van der Waals surface area contributed by atoms with E-state index in [4.69, 9.17) is 0 Å². The number of likely N-dealkylation sites (tertiary alicyclic amines) is 1. The molecule has 112 valence electrons. The maximum atomic E-state index is 12.2. The molecule has 2 aromatic heterocycles. The highest BCUT2D eigenvalue weighted by atomic mass is 16.2. The largest absolute Gasteiger partial charge is 0.347 e. The van der Waals surface area contributed by atoms with Crippen LogP contribution in [0.25, 0.3) is 0 Å². The van der Waals surface area contributed by atoms with Crippen LogP contribution in [-0.4, -0.2) is 43.6 Å². The van der Waals surface area contributed by atoms with Crippen LogP contribution in [-0.2, 0) is 11.8 Å². The second-order valence-electron chi connectivity index (χ2n) is 5.45. The van der Waals surface area contributed by atoms with E-state index < -0.39 is 0 Å². The van der Waals surface area contributed by atoms with E-state index in [1.54, 1.807) is 10.9 Å². The number of anilines is 1. The molecule has 0 spiro atoms. The van der Waals surface area contributed by atoms with Gasteiger partial charge in [0.05, 0.1) is 18.3 Å². The number of carbonyl (C=O) groups excluding carboxylic acids is 1. The van der Waals surface area contributed by atoms with E-state index in [0.29, 0.717) is 6.54 Å². The molecular weight excluding hydrogens is 268 g/mol. The lowest BCUT2D eigenvalue weighted by Gasteiger charge is -2.22. The van der Waals surface area contributed by atoms with E-state index >= 15 is 0 Å². The molecule has 1 saturated heterocycles. The fraction of sp³-hybridized carbons (Fsp3) is 0.500. The first kappa shape index (κ1) is 13.8. The Labute approximate surface area is 123 Å². The van der Waals surface area contributed by atoms with Gasteiger partial charge in [0, 0.05) is 25.5 Å².